The summed E-state index contributed by atoms with van der Waals surface area (Å²) >= 11 is 6.17. The van der Waals surface area contributed by atoms with Crippen LogP contribution in [0.4, 0.5) is 5.82 Å². The Bertz CT molecular complexity index is 364. The molecule has 0 aromatic carbocycles. The van der Waals surface area contributed by atoms with Gasteiger partial charge in [-0.1, -0.05) is 24.4 Å². The fraction of sp³-hybridized carbons (Fsp3) is 0.583. The normalized spacial score (nSPS) is 16.7. The molecule has 0 radical (unpaired) electrons. The van der Waals surface area contributed by atoms with E-state index in [2.05, 4.69) is 9.88 Å². The van der Waals surface area contributed by atoms with Crippen LogP contribution in [0, 0.1) is 0 Å². The summed E-state index contributed by atoms with van der Waals surface area (Å²) in [5.41, 5.74) is 0.758. The molecule has 4 heteroatoms. The quantitative estimate of drug-likeness (QED) is 0.883. The van der Waals surface area contributed by atoms with Gasteiger partial charge in [0, 0.05) is 19.3 Å². The molecule has 3 nitrogen and oxygen atoms in total. The van der Waals surface area contributed by atoms with E-state index in [0.29, 0.717) is 11.1 Å². The molecule has 0 amide bonds. The van der Waals surface area contributed by atoms with Gasteiger partial charge in [0.1, 0.15) is 5.82 Å². The number of hydrogen-bond acceptors (Lipinski definition) is 3. The van der Waals surface area contributed by atoms with Crippen molar-refractivity contribution in [3.05, 3.63) is 22.8 Å². The van der Waals surface area contributed by atoms with Gasteiger partial charge >= 0.3 is 0 Å². The minimum Gasteiger partial charge on any atom is -0.392 e. The molecular formula is C12H17ClN2O. The molecule has 2 rings (SSSR count). The van der Waals surface area contributed by atoms with Crippen LogP contribution >= 0.6 is 11.6 Å². The van der Waals surface area contributed by atoms with Crippen LogP contribution < -0.4 is 4.90 Å². The molecule has 1 aliphatic rings. The molecular weight excluding hydrogens is 224 g/mol. The Balaban J connectivity index is 2.19. The van der Waals surface area contributed by atoms with E-state index in [1.54, 1.807) is 12.3 Å². The highest BCUT2D eigenvalue weighted by Crippen LogP contribution is 2.30. The fourth-order valence-electron chi connectivity index (χ4n) is 2.28. The zero-order chi connectivity index (χ0) is 11.5. The molecule has 0 atom stereocenters. The molecule has 1 aromatic rings. The first kappa shape index (κ1) is 11.7. The van der Waals surface area contributed by atoms with Gasteiger partial charge in [0.15, 0.2) is 0 Å². The predicted octanol–water partition coefficient (Wildman–Crippen LogP) is 2.61. The van der Waals surface area contributed by atoms with E-state index in [0.717, 1.165) is 11.4 Å². The molecule has 88 valence electrons. The third kappa shape index (κ3) is 2.30. The summed E-state index contributed by atoms with van der Waals surface area (Å²) in [7, 11) is 2.04. The second-order valence-electron chi connectivity index (χ2n) is 4.36. The van der Waals surface area contributed by atoms with Crippen molar-refractivity contribution in [2.45, 2.75) is 38.3 Å². The number of anilines is 1. The second kappa shape index (κ2) is 5.02. The zero-order valence-corrected chi connectivity index (χ0v) is 10.2. The Labute approximate surface area is 101 Å². The Morgan fingerprint density at radius 2 is 2.19 bits per heavy atom. The van der Waals surface area contributed by atoms with Crippen molar-refractivity contribution in [3.8, 4) is 0 Å². The van der Waals surface area contributed by atoms with E-state index in [-0.39, 0.29) is 6.61 Å². The molecule has 0 saturated heterocycles. The molecule has 0 bridgehead atoms. The van der Waals surface area contributed by atoms with Crippen LogP contribution in [0.1, 0.15) is 31.2 Å². The third-order valence-corrected chi connectivity index (χ3v) is 3.55. The summed E-state index contributed by atoms with van der Waals surface area (Å²) in [6, 6.07) is 2.35. The summed E-state index contributed by atoms with van der Waals surface area (Å²) in [5.74, 6) is 0.825. The number of hydrogen-bond donors (Lipinski definition) is 1. The number of nitrogens with zero attached hydrogens (tertiary/aromatic N) is 2. The highest BCUT2D eigenvalue weighted by Gasteiger charge is 2.22. The Hall–Kier alpha value is -0.800. The second-order valence-corrected chi connectivity index (χ2v) is 4.76. The van der Waals surface area contributed by atoms with Gasteiger partial charge in [-0.15, -0.1) is 0 Å². The summed E-state index contributed by atoms with van der Waals surface area (Å²) in [5, 5.41) is 9.62. The highest BCUT2D eigenvalue weighted by atomic mass is 35.5. The first-order chi connectivity index (χ1) is 7.72. The first-order valence-electron chi connectivity index (χ1n) is 5.70. The van der Waals surface area contributed by atoms with Gasteiger partial charge in [-0.2, -0.15) is 0 Å². The molecule has 1 fully saturated rings. The number of halogens is 1. The van der Waals surface area contributed by atoms with Crippen LogP contribution in [0.2, 0.25) is 5.02 Å². The van der Waals surface area contributed by atoms with Crippen LogP contribution in [0.3, 0.4) is 0 Å². The van der Waals surface area contributed by atoms with E-state index < -0.39 is 0 Å². The lowest BCUT2D eigenvalue weighted by molar-refractivity contribution is 0.281. The topological polar surface area (TPSA) is 36.4 Å². The van der Waals surface area contributed by atoms with Crippen LogP contribution in [0.15, 0.2) is 12.3 Å². The average molecular weight is 241 g/mol. The van der Waals surface area contributed by atoms with Crippen molar-refractivity contribution in [3.63, 3.8) is 0 Å². The number of pyridine rings is 1. The number of aromatic nitrogens is 1. The molecule has 1 aliphatic carbocycles. The van der Waals surface area contributed by atoms with Crippen LogP contribution in [-0.2, 0) is 6.61 Å². The monoisotopic (exact) mass is 240 g/mol. The van der Waals surface area contributed by atoms with Crippen molar-refractivity contribution < 1.29 is 5.11 Å². The van der Waals surface area contributed by atoms with Crippen molar-refractivity contribution in [2.24, 2.45) is 0 Å². The molecule has 0 aliphatic heterocycles. The first-order valence-corrected chi connectivity index (χ1v) is 6.08. The number of aliphatic hydroxyl groups excluding tert-OH is 1. The molecule has 0 unspecified atom stereocenters. The van der Waals surface area contributed by atoms with Crippen molar-refractivity contribution >= 4 is 17.4 Å². The van der Waals surface area contributed by atoms with Gasteiger partial charge in [-0.25, -0.2) is 4.98 Å². The lowest BCUT2D eigenvalue weighted by Gasteiger charge is -2.26. The minimum absolute atomic E-state index is 0.0137. The molecule has 1 N–H and O–H groups in total. The van der Waals surface area contributed by atoms with Gasteiger partial charge < -0.3 is 10.0 Å². The molecule has 1 aromatic heterocycles. The van der Waals surface area contributed by atoms with Crippen molar-refractivity contribution in [2.75, 3.05) is 11.9 Å². The van der Waals surface area contributed by atoms with Gasteiger partial charge in [-0.3, -0.25) is 0 Å². The van der Waals surface area contributed by atoms with E-state index >= 15 is 0 Å². The van der Waals surface area contributed by atoms with Gasteiger partial charge in [0.2, 0.25) is 0 Å². The number of rotatable bonds is 3. The Kier molecular flexibility index (Phi) is 3.66. The highest BCUT2D eigenvalue weighted by molar-refractivity contribution is 6.33. The number of aliphatic hydroxyl groups is 1. The van der Waals surface area contributed by atoms with Crippen molar-refractivity contribution in [1.29, 1.82) is 0 Å². The van der Waals surface area contributed by atoms with Gasteiger partial charge in [-0.05, 0) is 24.5 Å². The van der Waals surface area contributed by atoms with E-state index in [1.807, 2.05) is 7.05 Å². The predicted molar refractivity (Wildman–Crippen MR) is 65.8 cm³/mol. The van der Waals surface area contributed by atoms with E-state index in [1.165, 1.54) is 25.7 Å². The maximum Gasteiger partial charge on any atom is 0.147 e. The van der Waals surface area contributed by atoms with Crippen LogP contribution in [0.5, 0.6) is 0 Å². The maximum absolute atomic E-state index is 8.99. The third-order valence-electron chi connectivity index (χ3n) is 3.27. The van der Waals surface area contributed by atoms with Gasteiger partial charge in [0.05, 0.1) is 11.6 Å². The Morgan fingerprint density at radius 3 is 2.75 bits per heavy atom. The molecule has 1 heterocycles. The summed E-state index contributed by atoms with van der Waals surface area (Å²) < 4.78 is 0. The van der Waals surface area contributed by atoms with Gasteiger partial charge in [0.25, 0.3) is 0 Å². The van der Waals surface area contributed by atoms with Crippen molar-refractivity contribution in [1.82, 2.24) is 4.98 Å². The smallest absolute Gasteiger partial charge is 0.147 e. The summed E-state index contributed by atoms with van der Waals surface area (Å²) in [6.07, 6.45) is 6.71. The minimum atomic E-state index is -0.0137. The van der Waals surface area contributed by atoms with E-state index in [4.69, 9.17) is 16.7 Å². The lowest BCUT2D eigenvalue weighted by Crippen LogP contribution is -2.29. The SMILES string of the molecule is CN(c1ncc(CO)cc1Cl)C1CCCC1. The summed E-state index contributed by atoms with van der Waals surface area (Å²) in [4.78, 5) is 6.49. The molecule has 0 spiro atoms. The van der Waals surface area contributed by atoms with Crippen LogP contribution in [-0.4, -0.2) is 23.2 Å². The zero-order valence-electron chi connectivity index (χ0n) is 9.49. The maximum atomic E-state index is 8.99. The lowest BCUT2D eigenvalue weighted by atomic mass is 10.2. The standard InChI is InChI=1S/C12H17ClN2O/c1-15(10-4-2-3-5-10)12-11(13)6-9(8-16)7-14-12/h6-7,10,16H,2-5,8H2,1H3. The fourth-order valence-corrected chi connectivity index (χ4v) is 2.60. The molecule has 16 heavy (non-hydrogen) atoms. The molecule has 1 saturated carbocycles. The summed E-state index contributed by atoms with van der Waals surface area (Å²) in [6.45, 7) is -0.0137. The van der Waals surface area contributed by atoms with Crippen LogP contribution in [0.25, 0.3) is 0 Å². The van der Waals surface area contributed by atoms with E-state index in [9.17, 15) is 0 Å². The largest absolute Gasteiger partial charge is 0.392 e. The average Bonchev–Trinajstić information content (AvgIpc) is 2.81. The Morgan fingerprint density at radius 1 is 1.50 bits per heavy atom.